The Balaban J connectivity index is 1.46. The Morgan fingerprint density at radius 2 is 0.692 bits per heavy atom. The van der Waals surface area contributed by atoms with Gasteiger partial charge in [0.05, 0.1) is 5.41 Å². The molecule has 0 nitrogen and oxygen atoms in total. The van der Waals surface area contributed by atoms with Gasteiger partial charge in [0.2, 0.25) is 0 Å². The van der Waals surface area contributed by atoms with Gasteiger partial charge in [-0.05, 0) is 103 Å². The Morgan fingerprint density at radius 3 is 1.13 bits per heavy atom. The molecule has 0 aliphatic heterocycles. The van der Waals surface area contributed by atoms with Gasteiger partial charge in [-0.15, -0.1) is 25.3 Å². The van der Waals surface area contributed by atoms with E-state index >= 15 is 0 Å². The SMILES string of the molecule is Sc1ccc(-c2ccc3c(c2)C2(c4ccccc4-3)c3ccccc3-c3ccc(-c4ccc(S)cc4)cc32)cc1. The van der Waals surface area contributed by atoms with Gasteiger partial charge in [0.1, 0.15) is 0 Å². The van der Waals surface area contributed by atoms with Gasteiger partial charge in [-0.1, -0.05) is 97.1 Å². The van der Waals surface area contributed by atoms with Crippen molar-refractivity contribution in [3.63, 3.8) is 0 Å². The van der Waals surface area contributed by atoms with Gasteiger partial charge in [0.15, 0.2) is 0 Å². The van der Waals surface area contributed by atoms with E-state index in [1.165, 1.54) is 66.8 Å². The Labute approximate surface area is 239 Å². The fraction of sp³-hybridized carbons (Fsp3) is 0.0270. The molecule has 0 fully saturated rings. The molecular weight excluding hydrogens is 509 g/mol. The van der Waals surface area contributed by atoms with Crippen molar-refractivity contribution in [1.82, 2.24) is 0 Å². The first kappa shape index (κ1) is 23.0. The van der Waals surface area contributed by atoms with E-state index in [4.69, 9.17) is 0 Å². The minimum absolute atomic E-state index is 0.378. The molecule has 0 heterocycles. The molecular formula is C37H24S2. The zero-order valence-electron chi connectivity index (χ0n) is 21.1. The number of fused-ring (bicyclic) bond motifs is 10. The minimum atomic E-state index is -0.378. The highest BCUT2D eigenvalue weighted by atomic mass is 32.1. The second-order valence-corrected chi connectivity index (χ2v) is 11.5. The quantitative estimate of drug-likeness (QED) is 0.203. The molecule has 0 radical (unpaired) electrons. The van der Waals surface area contributed by atoms with Crippen LogP contribution >= 0.6 is 25.3 Å². The zero-order valence-corrected chi connectivity index (χ0v) is 22.9. The van der Waals surface area contributed by atoms with Crippen molar-refractivity contribution in [3.05, 3.63) is 156 Å². The summed E-state index contributed by atoms with van der Waals surface area (Å²) in [5.74, 6) is 0. The minimum Gasteiger partial charge on any atom is -0.143 e. The van der Waals surface area contributed by atoms with Gasteiger partial charge in [0.25, 0.3) is 0 Å². The lowest BCUT2D eigenvalue weighted by atomic mass is 9.70. The molecule has 2 aliphatic rings. The summed E-state index contributed by atoms with van der Waals surface area (Å²) in [6, 6.07) is 48.9. The summed E-state index contributed by atoms with van der Waals surface area (Å²) in [7, 11) is 0. The average Bonchev–Trinajstić information content (AvgIpc) is 3.44. The Kier molecular flexibility index (Phi) is 5.01. The molecule has 1 spiro atoms. The molecule has 0 saturated heterocycles. The van der Waals surface area contributed by atoms with Crippen LogP contribution in [0, 0.1) is 0 Å². The number of hydrogen-bond acceptors (Lipinski definition) is 2. The van der Waals surface area contributed by atoms with E-state index in [1.807, 2.05) is 0 Å². The van der Waals surface area contributed by atoms with Crippen molar-refractivity contribution in [2.45, 2.75) is 15.2 Å². The monoisotopic (exact) mass is 532 g/mol. The van der Waals surface area contributed by atoms with E-state index < -0.39 is 0 Å². The highest BCUT2D eigenvalue weighted by molar-refractivity contribution is 7.80. The van der Waals surface area contributed by atoms with Crippen molar-refractivity contribution >= 4 is 25.3 Å². The highest BCUT2D eigenvalue weighted by Crippen LogP contribution is 2.63. The third kappa shape index (κ3) is 3.22. The van der Waals surface area contributed by atoms with Crippen LogP contribution in [0.25, 0.3) is 44.5 Å². The molecule has 6 aromatic carbocycles. The van der Waals surface area contributed by atoms with E-state index in [9.17, 15) is 0 Å². The number of rotatable bonds is 2. The lowest BCUT2D eigenvalue weighted by Crippen LogP contribution is -2.26. The molecule has 0 aromatic heterocycles. The molecule has 0 unspecified atom stereocenters. The van der Waals surface area contributed by atoms with Crippen LogP contribution in [0.5, 0.6) is 0 Å². The standard InChI is InChI=1S/C37H24S2/c38-27-15-9-23(10-16-27)25-13-19-31-29-5-1-3-7-33(29)37(35(31)21-25)34-8-4-2-6-30(34)32-20-14-26(22-36(32)37)24-11-17-28(39)18-12-24/h1-22,38-39H. The molecule has 2 aliphatic carbocycles. The molecule has 6 aromatic rings. The summed E-state index contributed by atoms with van der Waals surface area (Å²) >= 11 is 9.02. The van der Waals surface area contributed by atoms with Crippen LogP contribution in [0.3, 0.4) is 0 Å². The van der Waals surface area contributed by atoms with Gasteiger partial charge in [-0.3, -0.25) is 0 Å². The second kappa shape index (κ2) is 8.51. The summed E-state index contributed by atoms with van der Waals surface area (Å²) in [4.78, 5) is 1.95. The molecule has 0 N–H and O–H groups in total. The fourth-order valence-corrected chi connectivity index (χ4v) is 7.10. The van der Waals surface area contributed by atoms with Gasteiger partial charge >= 0.3 is 0 Å². The summed E-state index contributed by atoms with van der Waals surface area (Å²) in [5.41, 5.74) is 15.2. The van der Waals surface area contributed by atoms with E-state index in [0.29, 0.717) is 0 Å². The van der Waals surface area contributed by atoms with Crippen LogP contribution < -0.4 is 0 Å². The molecule has 184 valence electrons. The number of benzene rings is 6. The van der Waals surface area contributed by atoms with Crippen LogP contribution in [-0.2, 0) is 5.41 Å². The van der Waals surface area contributed by atoms with Gasteiger partial charge in [-0.2, -0.15) is 0 Å². The summed E-state index contributed by atoms with van der Waals surface area (Å²) in [5, 5.41) is 0. The maximum atomic E-state index is 4.51. The average molecular weight is 533 g/mol. The van der Waals surface area contributed by atoms with Gasteiger partial charge in [-0.25, -0.2) is 0 Å². The third-order valence-electron chi connectivity index (χ3n) is 8.49. The van der Waals surface area contributed by atoms with Crippen LogP contribution in [0.4, 0.5) is 0 Å². The van der Waals surface area contributed by atoms with Gasteiger partial charge < -0.3 is 0 Å². The first-order valence-corrected chi connectivity index (χ1v) is 14.1. The summed E-state index contributed by atoms with van der Waals surface area (Å²) in [6.07, 6.45) is 0. The smallest absolute Gasteiger partial charge is 0.0725 e. The lowest BCUT2D eigenvalue weighted by molar-refractivity contribution is 0.794. The Morgan fingerprint density at radius 1 is 0.333 bits per heavy atom. The molecule has 8 rings (SSSR count). The van der Waals surface area contributed by atoms with Crippen molar-refractivity contribution in [3.8, 4) is 44.5 Å². The van der Waals surface area contributed by atoms with Crippen molar-refractivity contribution in [2.24, 2.45) is 0 Å². The van der Waals surface area contributed by atoms with Gasteiger partial charge in [0, 0.05) is 9.79 Å². The number of thiol groups is 2. The highest BCUT2D eigenvalue weighted by Gasteiger charge is 2.51. The third-order valence-corrected chi connectivity index (χ3v) is 9.09. The predicted molar refractivity (Wildman–Crippen MR) is 168 cm³/mol. The van der Waals surface area contributed by atoms with Crippen LogP contribution in [0.2, 0.25) is 0 Å². The second-order valence-electron chi connectivity index (χ2n) is 10.5. The first-order valence-electron chi connectivity index (χ1n) is 13.2. The van der Waals surface area contributed by atoms with E-state index in [1.54, 1.807) is 0 Å². The fourth-order valence-electron chi connectivity index (χ4n) is 6.81. The Bertz CT molecular complexity index is 1770. The van der Waals surface area contributed by atoms with E-state index in [-0.39, 0.29) is 5.41 Å². The van der Waals surface area contributed by atoms with Crippen molar-refractivity contribution in [2.75, 3.05) is 0 Å². The van der Waals surface area contributed by atoms with Crippen LogP contribution in [0.15, 0.2) is 143 Å². The Hall–Kier alpha value is -3.98. The maximum absolute atomic E-state index is 4.51. The lowest BCUT2D eigenvalue weighted by Gasteiger charge is -2.31. The van der Waals surface area contributed by atoms with Crippen LogP contribution in [-0.4, -0.2) is 0 Å². The van der Waals surface area contributed by atoms with E-state index in [0.717, 1.165) is 9.79 Å². The molecule has 0 saturated carbocycles. The summed E-state index contributed by atoms with van der Waals surface area (Å²) in [6.45, 7) is 0. The molecule has 0 bridgehead atoms. The first-order chi connectivity index (χ1) is 19.1. The van der Waals surface area contributed by atoms with Crippen LogP contribution in [0.1, 0.15) is 22.3 Å². The molecule has 0 atom stereocenters. The molecule has 2 heteroatoms. The number of hydrogen-bond donors (Lipinski definition) is 2. The topological polar surface area (TPSA) is 0 Å². The van der Waals surface area contributed by atoms with Crippen molar-refractivity contribution in [1.29, 1.82) is 0 Å². The normalized spacial score (nSPS) is 13.6. The zero-order chi connectivity index (χ0) is 26.1. The predicted octanol–water partition coefficient (Wildman–Crippen LogP) is 9.94. The molecule has 39 heavy (non-hydrogen) atoms. The summed E-state index contributed by atoms with van der Waals surface area (Å²) < 4.78 is 0. The van der Waals surface area contributed by atoms with E-state index in [2.05, 4.69) is 159 Å². The largest absolute Gasteiger partial charge is 0.143 e. The maximum Gasteiger partial charge on any atom is 0.0725 e. The molecule has 0 amide bonds. The van der Waals surface area contributed by atoms with Crippen molar-refractivity contribution < 1.29 is 0 Å².